The largest absolute Gasteiger partial charge is 0.398 e. The Morgan fingerprint density at radius 2 is 1.85 bits per heavy atom. The third kappa shape index (κ3) is 1.47. The number of hydrogen-bond acceptors (Lipinski definition) is 1. The van der Waals surface area contributed by atoms with E-state index < -0.39 is 0 Å². The molecule has 1 nitrogen and oxygen atoms in total. The van der Waals surface area contributed by atoms with Crippen molar-refractivity contribution in [2.75, 3.05) is 5.73 Å². The van der Waals surface area contributed by atoms with E-state index in [1.165, 1.54) is 5.39 Å². The molecule has 0 atom stereocenters. The zero-order valence-corrected chi connectivity index (χ0v) is 8.10. The summed E-state index contributed by atoms with van der Waals surface area (Å²) in [5.41, 5.74) is 7.71. The number of anilines is 1. The zero-order chi connectivity index (χ0) is 9.42. The van der Waals surface area contributed by atoms with Crippen LogP contribution in [0.3, 0.4) is 0 Å². The van der Waals surface area contributed by atoms with E-state index in [0.717, 1.165) is 21.7 Å². The highest BCUT2D eigenvalue weighted by Gasteiger charge is 1.98. The lowest BCUT2D eigenvalue weighted by atomic mass is 10.1. The van der Waals surface area contributed by atoms with E-state index in [4.69, 9.17) is 17.3 Å². The SMILES string of the molecule is Cc1cc2ccc(Cl)cc2cc1N. The molecule has 2 aromatic rings. The van der Waals surface area contributed by atoms with Crippen LogP contribution in [0, 0.1) is 6.92 Å². The summed E-state index contributed by atoms with van der Waals surface area (Å²) in [5, 5.41) is 3.02. The van der Waals surface area contributed by atoms with Crippen LogP contribution < -0.4 is 5.73 Å². The molecule has 13 heavy (non-hydrogen) atoms. The number of nitrogens with two attached hydrogens (primary N) is 1. The lowest BCUT2D eigenvalue weighted by Gasteiger charge is -2.03. The molecular formula is C11H10ClN. The number of nitrogen functional groups attached to an aromatic ring is 1. The summed E-state index contributed by atoms with van der Waals surface area (Å²) in [6.45, 7) is 2.00. The Morgan fingerprint density at radius 3 is 2.62 bits per heavy atom. The van der Waals surface area contributed by atoms with Crippen molar-refractivity contribution in [2.45, 2.75) is 6.92 Å². The standard InChI is InChI=1S/C11H10ClN/c1-7-4-8-2-3-10(12)5-9(8)6-11(7)13/h2-6H,13H2,1H3. The van der Waals surface area contributed by atoms with Gasteiger partial charge in [-0.1, -0.05) is 17.7 Å². The molecule has 0 saturated carbocycles. The van der Waals surface area contributed by atoms with Crippen molar-refractivity contribution in [3.05, 3.63) is 40.9 Å². The molecule has 0 aromatic heterocycles. The van der Waals surface area contributed by atoms with Crippen LogP contribution in [0.4, 0.5) is 5.69 Å². The van der Waals surface area contributed by atoms with Crippen LogP contribution in [0.1, 0.15) is 5.56 Å². The molecule has 2 aromatic carbocycles. The van der Waals surface area contributed by atoms with Gasteiger partial charge in [0.25, 0.3) is 0 Å². The van der Waals surface area contributed by atoms with Crippen molar-refractivity contribution < 1.29 is 0 Å². The Balaban J connectivity index is 2.81. The van der Waals surface area contributed by atoms with Crippen LogP contribution in [0.2, 0.25) is 5.02 Å². The summed E-state index contributed by atoms with van der Waals surface area (Å²) >= 11 is 5.87. The van der Waals surface area contributed by atoms with Crippen LogP contribution >= 0.6 is 11.6 Å². The van der Waals surface area contributed by atoms with Gasteiger partial charge in [-0.2, -0.15) is 0 Å². The predicted molar refractivity (Wildman–Crippen MR) is 58.1 cm³/mol. The minimum Gasteiger partial charge on any atom is -0.398 e. The molecule has 2 N–H and O–H groups in total. The molecule has 66 valence electrons. The Kier molecular flexibility index (Phi) is 1.89. The fourth-order valence-corrected chi connectivity index (χ4v) is 1.58. The number of halogens is 1. The molecule has 0 fully saturated rings. The van der Waals surface area contributed by atoms with Gasteiger partial charge < -0.3 is 5.73 Å². The third-order valence-corrected chi connectivity index (χ3v) is 2.42. The van der Waals surface area contributed by atoms with Gasteiger partial charge in [-0.3, -0.25) is 0 Å². The molecule has 2 rings (SSSR count). The zero-order valence-electron chi connectivity index (χ0n) is 7.34. The van der Waals surface area contributed by atoms with Gasteiger partial charge in [-0.15, -0.1) is 0 Å². The minimum absolute atomic E-state index is 0.746. The fraction of sp³-hybridized carbons (Fsp3) is 0.0909. The van der Waals surface area contributed by atoms with Gasteiger partial charge in [-0.25, -0.2) is 0 Å². The van der Waals surface area contributed by atoms with E-state index in [2.05, 4.69) is 6.07 Å². The molecule has 0 unspecified atom stereocenters. The first-order chi connectivity index (χ1) is 6.16. The maximum Gasteiger partial charge on any atom is 0.0412 e. The van der Waals surface area contributed by atoms with Crippen LogP contribution in [0.25, 0.3) is 10.8 Å². The number of benzene rings is 2. The number of hydrogen-bond donors (Lipinski definition) is 1. The summed E-state index contributed by atoms with van der Waals surface area (Å²) in [7, 11) is 0. The topological polar surface area (TPSA) is 26.0 Å². The smallest absolute Gasteiger partial charge is 0.0412 e. The minimum atomic E-state index is 0.746. The monoisotopic (exact) mass is 191 g/mol. The number of rotatable bonds is 0. The predicted octanol–water partition coefficient (Wildman–Crippen LogP) is 3.38. The van der Waals surface area contributed by atoms with Crippen molar-refractivity contribution >= 4 is 28.1 Å². The van der Waals surface area contributed by atoms with Gasteiger partial charge in [0.05, 0.1) is 0 Å². The molecule has 0 aliphatic rings. The van der Waals surface area contributed by atoms with E-state index in [9.17, 15) is 0 Å². The maximum absolute atomic E-state index is 5.87. The summed E-state index contributed by atoms with van der Waals surface area (Å²) in [5.74, 6) is 0. The molecule has 2 heteroatoms. The van der Waals surface area contributed by atoms with Crippen LogP contribution in [-0.2, 0) is 0 Å². The molecule has 0 aliphatic heterocycles. The second kappa shape index (κ2) is 2.93. The van der Waals surface area contributed by atoms with E-state index in [1.54, 1.807) is 0 Å². The maximum atomic E-state index is 5.87. The first-order valence-corrected chi connectivity index (χ1v) is 4.50. The van der Waals surface area contributed by atoms with Crippen molar-refractivity contribution in [1.82, 2.24) is 0 Å². The van der Waals surface area contributed by atoms with Crippen LogP contribution in [0.15, 0.2) is 30.3 Å². The van der Waals surface area contributed by atoms with E-state index >= 15 is 0 Å². The number of aryl methyl sites for hydroxylation is 1. The molecule has 0 heterocycles. The molecule has 0 bridgehead atoms. The molecule has 0 saturated heterocycles. The van der Waals surface area contributed by atoms with Crippen LogP contribution in [0.5, 0.6) is 0 Å². The number of fused-ring (bicyclic) bond motifs is 1. The summed E-state index contributed by atoms with van der Waals surface area (Å²) < 4.78 is 0. The summed E-state index contributed by atoms with van der Waals surface area (Å²) in [6.07, 6.45) is 0. The molecule has 0 spiro atoms. The lowest BCUT2D eigenvalue weighted by molar-refractivity contribution is 1.50. The first kappa shape index (κ1) is 8.39. The van der Waals surface area contributed by atoms with E-state index in [-0.39, 0.29) is 0 Å². The van der Waals surface area contributed by atoms with Gasteiger partial charge in [0.1, 0.15) is 0 Å². The molecule has 0 aliphatic carbocycles. The van der Waals surface area contributed by atoms with Crippen molar-refractivity contribution in [2.24, 2.45) is 0 Å². The Morgan fingerprint density at radius 1 is 1.08 bits per heavy atom. The lowest BCUT2D eigenvalue weighted by Crippen LogP contribution is -1.88. The highest BCUT2D eigenvalue weighted by molar-refractivity contribution is 6.31. The Bertz CT molecular complexity index is 463. The summed E-state index contributed by atoms with van der Waals surface area (Å²) in [4.78, 5) is 0. The van der Waals surface area contributed by atoms with Gasteiger partial charge in [0, 0.05) is 10.7 Å². The average Bonchev–Trinajstić information content (AvgIpc) is 2.08. The summed E-state index contributed by atoms with van der Waals surface area (Å²) in [6, 6.07) is 9.84. The highest BCUT2D eigenvalue weighted by atomic mass is 35.5. The van der Waals surface area contributed by atoms with Gasteiger partial charge in [0.2, 0.25) is 0 Å². The normalized spacial score (nSPS) is 10.6. The van der Waals surface area contributed by atoms with Crippen molar-refractivity contribution in [1.29, 1.82) is 0 Å². The Labute approximate surface area is 82.1 Å². The first-order valence-electron chi connectivity index (χ1n) is 4.12. The molecule has 0 radical (unpaired) electrons. The third-order valence-electron chi connectivity index (χ3n) is 2.19. The Hall–Kier alpha value is -1.21. The molecular weight excluding hydrogens is 182 g/mol. The van der Waals surface area contributed by atoms with Gasteiger partial charge >= 0.3 is 0 Å². The second-order valence-corrected chi connectivity index (χ2v) is 3.64. The van der Waals surface area contributed by atoms with Crippen LogP contribution in [-0.4, -0.2) is 0 Å². The van der Waals surface area contributed by atoms with Gasteiger partial charge in [0.15, 0.2) is 0 Å². The van der Waals surface area contributed by atoms with Gasteiger partial charge in [-0.05, 0) is 47.5 Å². The second-order valence-electron chi connectivity index (χ2n) is 3.20. The van der Waals surface area contributed by atoms with Crippen molar-refractivity contribution in [3.63, 3.8) is 0 Å². The van der Waals surface area contributed by atoms with E-state index in [1.807, 2.05) is 31.2 Å². The van der Waals surface area contributed by atoms with E-state index in [0.29, 0.717) is 0 Å². The average molecular weight is 192 g/mol. The highest BCUT2D eigenvalue weighted by Crippen LogP contribution is 2.24. The fourth-order valence-electron chi connectivity index (χ4n) is 1.40. The quantitative estimate of drug-likeness (QED) is 0.635. The molecule has 0 amide bonds. The van der Waals surface area contributed by atoms with Crippen molar-refractivity contribution in [3.8, 4) is 0 Å².